The molecule has 1 unspecified atom stereocenters. The largest absolute Gasteiger partial charge is 0.460 e. The van der Waals surface area contributed by atoms with E-state index in [0.717, 1.165) is 0 Å². The topological polar surface area (TPSA) is 46.5 Å². The van der Waals surface area contributed by atoms with E-state index in [9.17, 15) is 67.0 Å². The van der Waals surface area contributed by atoms with Crippen LogP contribution in [-0.2, 0) is 9.53 Å². The molecule has 0 aromatic rings. The third kappa shape index (κ3) is 4.74. The average Bonchev–Trinajstić information content (AvgIpc) is 2.60. The number of carbonyl (C=O) groups excluding carboxylic acids is 1. The Morgan fingerprint density at radius 3 is 1.56 bits per heavy atom. The van der Waals surface area contributed by atoms with Crippen LogP contribution >= 0.6 is 0 Å². The molecule has 1 atom stereocenters. The van der Waals surface area contributed by atoms with Gasteiger partial charge in [0.05, 0.1) is 6.42 Å². The van der Waals surface area contributed by atoms with Crippen molar-refractivity contribution in [2.24, 2.45) is 0 Å². The summed E-state index contributed by atoms with van der Waals surface area (Å²) in [6.07, 6.45) is -9.51. The quantitative estimate of drug-likeness (QED) is 0.339. The van der Waals surface area contributed by atoms with E-state index in [2.05, 4.69) is 4.74 Å². The van der Waals surface area contributed by atoms with E-state index in [1.54, 1.807) is 0 Å². The van der Waals surface area contributed by atoms with Crippen LogP contribution in [0.1, 0.15) is 45.4 Å². The standard InChI is InChI=1S/C16H17F13O3/c1-10(31,9(30)32-8-5-3-2-4-6-8)7-11(17,18)12(19,20)13(21,22)14(23,24)15(25,26)16(27,28)29/h8,31H,2-7H2,1H3. The number of hydrogen-bond donors (Lipinski definition) is 1. The highest BCUT2D eigenvalue weighted by Crippen LogP contribution is 2.61. The summed E-state index contributed by atoms with van der Waals surface area (Å²) in [5.41, 5.74) is -3.72. The fraction of sp³-hybridized carbons (Fsp3) is 0.938. The molecule has 3 nitrogen and oxygen atoms in total. The molecule has 1 rings (SSSR count). The second kappa shape index (κ2) is 8.38. The summed E-state index contributed by atoms with van der Waals surface area (Å²) >= 11 is 0. The number of esters is 1. The molecule has 0 bridgehead atoms. The predicted octanol–water partition coefficient (Wildman–Crippen LogP) is 5.74. The van der Waals surface area contributed by atoms with Gasteiger partial charge in [0.2, 0.25) is 0 Å². The van der Waals surface area contributed by atoms with E-state index in [1.165, 1.54) is 0 Å². The zero-order chi connectivity index (χ0) is 25.6. The highest BCUT2D eigenvalue weighted by molar-refractivity contribution is 5.79. The van der Waals surface area contributed by atoms with Crippen LogP contribution in [0.4, 0.5) is 57.1 Å². The van der Waals surface area contributed by atoms with E-state index in [0.29, 0.717) is 19.3 Å². The monoisotopic (exact) mass is 504 g/mol. The van der Waals surface area contributed by atoms with Gasteiger partial charge in [-0.25, -0.2) is 4.79 Å². The molecular weight excluding hydrogens is 487 g/mol. The Morgan fingerprint density at radius 2 is 1.16 bits per heavy atom. The van der Waals surface area contributed by atoms with Gasteiger partial charge in [0.25, 0.3) is 0 Å². The van der Waals surface area contributed by atoms with Crippen molar-refractivity contribution in [2.45, 2.75) is 92.9 Å². The molecule has 1 N–H and O–H groups in total. The second-order valence-electron chi connectivity index (χ2n) is 7.62. The number of ether oxygens (including phenoxy) is 1. The van der Waals surface area contributed by atoms with Crippen molar-refractivity contribution in [3.63, 3.8) is 0 Å². The smallest absolute Gasteiger partial charge is 0.460 e. The Bertz CT molecular complexity index is 679. The minimum absolute atomic E-state index is 0.0722. The van der Waals surface area contributed by atoms with Crippen molar-refractivity contribution in [3.8, 4) is 0 Å². The van der Waals surface area contributed by atoms with E-state index in [-0.39, 0.29) is 19.8 Å². The Morgan fingerprint density at radius 1 is 0.750 bits per heavy atom. The minimum atomic E-state index is -8.04. The first-order valence-electron chi connectivity index (χ1n) is 8.85. The first-order valence-corrected chi connectivity index (χ1v) is 8.85. The van der Waals surface area contributed by atoms with Crippen molar-refractivity contribution >= 4 is 5.97 Å². The number of halogens is 13. The van der Waals surface area contributed by atoms with Crippen molar-refractivity contribution in [1.82, 2.24) is 0 Å². The molecule has 0 amide bonds. The molecule has 0 aliphatic heterocycles. The first kappa shape index (κ1) is 28.6. The van der Waals surface area contributed by atoms with Crippen LogP contribution in [0.25, 0.3) is 0 Å². The lowest BCUT2D eigenvalue weighted by atomic mass is 9.87. The van der Waals surface area contributed by atoms with Crippen LogP contribution in [-0.4, -0.2) is 58.6 Å². The molecule has 0 saturated heterocycles. The SMILES string of the molecule is CC(O)(CC(F)(F)C(F)(F)C(F)(F)C(F)(F)C(F)(F)C(F)(F)F)C(=O)OC1CCCCC1. The van der Waals surface area contributed by atoms with Gasteiger partial charge in [-0.1, -0.05) is 6.42 Å². The van der Waals surface area contributed by atoms with Gasteiger partial charge in [-0.15, -0.1) is 0 Å². The summed E-state index contributed by atoms with van der Waals surface area (Å²) in [4.78, 5) is 11.8. The molecule has 16 heteroatoms. The fourth-order valence-electron chi connectivity index (χ4n) is 2.88. The van der Waals surface area contributed by atoms with Gasteiger partial charge < -0.3 is 9.84 Å². The molecule has 190 valence electrons. The average molecular weight is 504 g/mol. The summed E-state index contributed by atoms with van der Waals surface area (Å²) in [7, 11) is 0. The first-order chi connectivity index (χ1) is 14.0. The van der Waals surface area contributed by atoms with Crippen LogP contribution in [0.2, 0.25) is 0 Å². The number of rotatable bonds is 8. The molecule has 0 spiro atoms. The van der Waals surface area contributed by atoms with E-state index < -0.39 is 59.9 Å². The number of alkyl halides is 13. The summed E-state index contributed by atoms with van der Waals surface area (Å²) < 4.78 is 175. The van der Waals surface area contributed by atoms with E-state index >= 15 is 0 Å². The van der Waals surface area contributed by atoms with Crippen molar-refractivity contribution in [3.05, 3.63) is 0 Å². The molecule has 32 heavy (non-hydrogen) atoms. The predicted molar refractivity (Wildman–Crippen MR) is 79.0 cm³/mol. The van der Waals surface area contributed by atoms with Crippen LogP contribution in [0.15, 0.2) is 0 Å². The lowest BCUT2D eigenvalue weighted by Gasteiger charge is -2.41. The van der Waals surface area contributed by atoms with Crippen LogP contribution in [0.3, 0.4) is 0 Å². The lowest BCUT2D eigenvalue weighted by Crippen LogP contribution is -2.70. The summed E-state index contributed by atoms with van der Waals surface area (Å²) in [5, 5.41) is 9.72. The van der Waals surface area contributed by atoms with E-state index in [4.69, 9.17) is 0 Å². The highest BCUT2D eigenvalue weighted by atomic mass is 19.4. The second-order valence-corrected chi connectivity index (χ2v) is 7.62. The molecular formula is C16H17F13O3. The molecule has 1 aliphatic rings. The molecule has 0 aromatic heterocycles. The highest BCUT2D eigenvalue weighted by Gasteiger charge is 2.90. The number of carbonyl (C=O) groups is 1. The van der Waals surface area contributed by atoms with Crippen molar-refractivity contribution in [1.29, 1.82) is 0 Å². The summed E-state index contributed by atoms with van der Waals surface area (Å²) in [5.74, 6) is -40.0. The maximum Gasteiger partial charge on any atom is 0.460 e. The maximum absolute atomic E-state index is 13.9. The summed E-state index contributed by atoms with van der Waals surface area (Å²) in [6, 6.07) is 0. The zero-order valence-corrected chi connectivity index (χ0v) is 16.0. The molecule has 1 fully saturated rings. The fourth-order valence-corrected chi connectivity index (χ4v) is 2.88. The van der Waals surface area contributed by atoms with Crippen LogP contribution in [0.5, 0.6) is 0 Å². The van der Waals surface area contributed by atoms with E-state index in [1.807, 2.05) is 0 Å². The van der Waals surface area contributed by atoms with Gasteiger partial charge in [-0.2, -0.15) is 57.1 Å². The Balaban J connectivity index is 3.22. The molecule has 0 aromatic carbocycles. The summed E-state index contributed by atoms with van der Waals surface area (Å²) in [6.45, 7) is 0.0722. The lowest BCUT2D eigenvalue weighted by molar-refractivity contribution is -0.441. The van der Waals surface area contributed by atoms with Gasteiger partial charge >= 0.3 is 41.8 Å². The van der Waals surface area contributed by atoms with Crippen LogP contribution in [0, 0.1) is 0 Å². The van der Waals surface area contributed by atoms with Gasteiger partial charge in [0.15, 0.2) is 5.60 Å². The van der Waals surface area contributed by atoms with Gasteiger partial charge in [0.1, 0.15) is 6.10 Å². The Kier molecular flexibility index (Phi) is 7.48. The molecule has 0 heterocycles. The Hall–Kier alpha value is -1.48. The normalized spacial score (nSPS) is 20.1. The number of aliphatic hydroxyl groups is 1. The maximum atomic E-state index is 13.9. The van der Waals surface area contributed by atoms with Crippen molar-refractivity contribution in [2.75, 3.05) is 0 Å². The minimum Gasteiger partial charge on any atom is -0.460 e. The third-order valence-corrected chi connectivity index (χ3v) is 4.83. The molecule has 1 aliphatic carbocycles. The molecule has 0 radical (unpaired) electrons. The van der Waals surface area contributed by atoms with Gasteiger partial charge in [-0.3, -0.25) is 0 Å². The zero-order valence-electron chi connectivity index (χ0n) is 16.0. The molecule has 1 saturated carbocycles. The third-order valence-electron chi connectivity index (χ3n) is 4.83. The van der Waals surface area contributed by atoms with Crippen LogP contribution < -0.4 is 0 Å². The van der Waals surface area contributed by atoms with Gasteiger partial charge in [-0.05, 0) is 32.6 Å². The Labute approximate surface area is 171 Å². The number of hydrogen-bond acceptors (Lipinski definition) is 3. The van der Waals surface area contributed by atoms with Gasteiger partial charge in [0, 0.05) is 0 Å². The van der Waals surface area contributed by atoms with Crippen molar-refractivity contribution < 1.29 is 71.7 Å².